The molecular weight excluding hydrogens is 186 g/mol. The maximum Gasteiger partial charge on any atom is 0.144 e. The highest BCUT2D eigenvalue weighted by Gasteiger charge is 2.06. The normalized spacial score (nSPS) is 14.9. The van der Waals surface area contributed by atoms with Crippen LogP contribution in [0.1, 0.15) is 30.9 Å². The maximum atomic E-state index is 4.29. The lowest BCUT2D eigenvalue weighted by molar-refractivity contribution is 0.727. The van der Waals surface area contributed by atoms with Crippen molar-refractivity contribution in [1.29, 1.82) is 0 Å². The van der Waals surface area contributed by atoms with Gasteiger partial charge in [0.05, 0.1) is 0 Å². The summed E-state index contributed by atoms with van der Waals surface area (Å²) in [6.07, 6.45) is 3.69. The van der Waals surface area contributed by atoms with Gasteiger partial charge in [-0.05, 0) is 18.4 Å². The number of aliphatic imine (C=N–C) groups is 1. The van der Waals surface area contributed by atoms with Gasteiger partial charge in [-0.25, -0.2) is 10.4 Å². The molecule has 0 unspecified atom stereocenters. The smallest absolute Gasteiger partial charge is 0.144 e. The zero-order chi connectivity index (χ0) is 10.5. The predicted molar refractivity (Wildman–Crippen MR) is 62.7 cm³/mol. The van der Waals surface area contributed by atoms with Crippen LogP contribution in [0.25, 0.3) is 0 Å². The number of benzene rings is 1. The summed E-state index contributed by atoms with van der Waals surface area (Å²) >= 11 is 0. The van der Waals surface area contributed by atoms with E-state index in [0.29, 0.717) is 6.67 Å². The molecule has 0 aliphatic carbocycles. The molecule has 3 nitrogen and oxygen atoms in total. The van der Waals surface area contributed by atoms with Gasteiger partial charge in [-0.3, -0.25) is 0 Å². The van der Waals surface area contributed by atoms with Crippen LogP contribution >= 0.6 is 0 Å². The second-order valence-electron chi connectivity index (χ2n) is 3.77. The average molecular weight is 203 g/mol. The van der Waals surface area contributed by atoms with Crippen molar-refractivity contribution >= 4 is 5.84 Å². The monoisotopic (exact) mass is 203 g/mol. The van der Waals surface area contributed by atoms with E-state index in [1.165, 1.54) is 24.8 Å². The van der Waals surface area contributed by atoms with Gasteiger partial charge in [0, 0.05) is 5.56 Å². The number of hydrogen-bond donors (Lipinski definition) is 2. The number of nitrogens with zero attached hydrogens (tertiary/aromatic N) is 1. The fourth-order valence-electron chi connectivity index (χ4n) is 1.66. The third-order valence-electron chi connectivity index (χ3n) is 2.57. The zero-order valence-corrected chi connectivity index (χ0v) is 9.09. The van der Waals surface area contributed by atoms with Crippen molar-refractivity contribution in [2.45, 2.75) is 26.2 Å². The van der Waals surface area contributed by atoms with E-state index >= 15 is 0 Å². The van der Waals surface area contributed by atoms with E-state index in [9.17, 15) is 0 Å². The second kappa shape index (κ2) is 4.94. The number of aryl methyl sites for hydroxylation is 1. The molecule has 0 atom stereocenters. The van der Waals surface area contributed by atoms with E-state index in [-0.39, 0.29) is 0 Å². The summed E-state index contributed by atoms with van der Waals surface area (Å²) in [6.45, 7) is 2.88. The first-order valence-electron chi connectivity index (χ1n) is 5.53. The van der Waals surface area contributed by atoms with Crippen LogP contribution in [0.5, 0.6) is 0 Å². The van der Waals surface area contributed by atoms with Crippen LogP contribution in [0.2, 0.25) is 0 Å². The van der Waals surface area contributed by atoms with Gasteiger partial charge in [0.2, 0.25) is 0 Å². The summed E-state index contributed by atoms with van der Waals surface area (Å²) in [5.41, 5.74) is 8.56. The van der Waals surface area contributed by atoms with Gasteiger partial charge in [-0.1, -0.05) is 37.6 Å². The van der Waals surface area contributed by atoms with Crippen LogP contribution < -0.4 is 10.9 Å². The van der Waals surface area contributed by atoms with Crippen LogP contribution in [0.15, 0.2) is 29.3 Å². The van der Waals surface area contributed by atoms with Crippen molar-refractivity contribution in [3.8, 4) is 0 Å². The molecule has 2 rings (SSSR count). The molecule has 0 saturated heterocycles. The van der Waals surface area contributed by atoms with Crippen molar-refractivity contribution < 1.29 is 0 Å². The Morgan fingerprint density at radius 1 is 1.27 bits per heavy atom. The Balaban J connectivity index is 2.03. The summed E-state index contributed by atoms with van der Waals surface area (Å²) < 4.78 is 0. The minimum Gasteiger partial charge on any atom is -0.304 e. The SMILES string of the molecule is CCCCc1ccc(C2=NCNN2)cc1. The van der Waals surface area contributed by atoms with Gasteiger partial charge in [0.15, 0.2) is 0 Å². The summed E-state index contributed by atoms with van der Waals surface area (Å²) in [5.74, 6) is 0.942. The van der Waals surface area contributed by atoms with Crippen LogP contribution in [-0.2, 0) is 6.42 Å². The van der Waals surface area contributed by atoms with Gasteiger partial charge >= 0.3 is 0 Å². The van der Waals surface area contributed by atoms with Gasteiger partial charge in [-0.2, -0.15) is 0 Å². The van der Waals surface area contributed by atoms with Crippen LogP contribution in [0.3, 0.4) is 0 Å². The Morgan fingerprint density at radius 2 is 2.07 bits per heavy atom. The summed E-state index contributed by atoms with van der Waals surface area (Å²) in [4.78, 5) is 4.29. The summed E-state index contributed by atoms with van der Waals surface area (Å²) in [5, 5.41) is 0. The Labute approximate surface area is 90.6 Å². The number of hydrogen-bond acceptors (Lipinski definition) is 3. The first-order valence-corrected chi connectivity index (χ1v) is 5.53. The molecule has 0 radical (unpaired) electrons. The number of nitrogens with one attached hydrogen (secondary N) is 2. The third-order valence-corrected chi connectivity index (χ3v) is 2.57. The molecule has 0 amide bonds. The first-order chi connectivity index (χ1) is 7.40. The maximum absolute atomic E-state index is 4.29. The molecule has 0 spiro atoms. The highest BCUT2D eigenvalue weighted by molar-refractivity contribution is 5.99. The Bertz CT molecular complexity index is 340. The topological polar surface area (TPSA) is 36.4 Å². The molecule has 15 heavy (non-hydrogen) atoms. The minimum atomic E-state index is 0.660. The molecule has 3 heteroatoms. The summed E-state index contributed by atoms with van der Waals surface area (Å²) in [7, 11) is 0. The van der Waals surface area contributed by atoms with Crippen molar-refractivity contribution in [2.75, 3.05) is 6.67 Å². The van der Waals surface area contributed by atoms with Crippen molar-refractivity contribution in [3.05, 3.63) is 35.4 Å². The highest BCUT2D eigenvalue weighted by Crippen LogP contribution is 2.08. The molecule has 1 aromatic rings. The van der Waals surface area contributed by atoms with Crippen LogP contribution in [0, 0.1) is 0 Å². The molecular formula is C12H17N3. The molecule has 1 aliphatic rings. The minimum absolute atomic E-state index is 0.660. The lowest BCUT2D eigenvalue weighted by Crippen LogP contribution is -2.30. The molecule has 80 valence electrons. The zero-order valence-electron chi connectivity index (χ0n) is 9.09. The number of unbranched alkanes of at least 4 members (excludes halogenated alkanes) is 1. The predicted octanol–water partition coefficient (Wildman–Crippen LogP) is 1.84. The van der Waals surface area contributed by atoms with E-state index in [1.54, 1.807) is 0 Å². The van der Waals surface area contributed by atoms with Gasteiger partial charge < -0.3 is 5.43 Å². The van der Waals surface area contributed by atoms with Gasteiger partial charge in [-0.15, -0.1) is 0 Å². The lowest BCUT2D eigenvalue weighted by atomic mass is 10.1. The van der Waals surface area contributed by atoms with E-state index in [1.807, 2.05) is 0 Å². The van der Waals surface area contributed by atoms with E-state index < -0.39 is 0 Å². The van der Waals surface area contributed by atoms with E-state index in [2.05, 4.69) is 47.0 Å². The highest BCUT2D eigenvalue weighted by atomic mass is 15.5. The third kappa shape index (κ3) is 2.57. The van der Waals surface area contributed by atoms with Crippen LogP contribution in [0.4, 0.5) is 0 Å². The van der Waals surface area contributed by atoms with Crippen LogP contribution in [-0.4, -0.2) is 12.5 Å². The van der Waals surface area contributed by atoms with Crippen molar-refractivity contribution in [2.24, 2.45) is 4.99 Å². The quantitative estimate of drug-likeness (QED) is 0.783. The van der Waals surface area contributed by atoms with Gasteiger partial charge in [0.25, 0.3) is 0 Å². The lowest BCUT2D eigenvalue weighted by Gasteiger charge is -2.04. The fourth-order valence-corrected chi connectivity index (χ4v) is 1.66. The number of rotatable bonds is 4. The molecule has 1 aliphatic heterocycles. The second-order valence-corrected chi connectivity index (χ2v) is 3.77. The number of amidine groups is 1. The first kappa shape index (κ1) is 10.2. The van der Waals surface area contributed by atoms with Gasteiger partial charge in [0.1, 0.15) is 12.5 Å². The molecule has 0 fully saturated rings. The molecule has 2 N–H and O–H groups in total. The Hall–Kier alpha value is -1.35. The van der Waals surface area contributed by atoms with E-state index in [0.717, 1.165) is 11.4 Å². The Morgan fingerprint density at radius 3 is 2.67 bits per heavy atom. The standard InChI is InChI=1S/C12H17N3/c1-2-3-4-10-5-7-11(8-6-10)12-13-9-14-15-12/h5-8,14H,2-4,9H2,1H3,(H,13,15). The molecule has 0 saturated carbocycles. The summed E-state index contributed by atoms with van der Waals surface area (Å²) in [6, 6.07) is 8.63. The van der Waals surface area contributed by atoms with E-state index in [4.69, 9.17) is 0 Å². The molecule has 0 bridgehead atoms. The van der Waals surface area contributed by atoms with Crippen molar-refractivity contribution in [3.63, 3.8) is 0 Å². The number of hydrazine groups is 1. The molecule has 1 heterocycles. The fraction of sp³-hybridized carbons (Fsp3) is 0.417. The average Bonchev–Trinajstić information content (AvgIpc) is 2.80. The molecule has 0 aromatic heterocycles. The largest absolute Gasteiger partial charge is 0.304 e. The molecule has 1 aromatic carbocycles. The Kier molecular flexibility index (Phi) is 3.35. The van der Waals surface area contributed by atoms with Crippen molar-refractivity contribution in [1.82, 2.24) is 10.9 Å².